The van der Waals surface area contributed by atoms with Crippen molar-refractivity contribution in [2.45, 2.75) is 6.92 Å². The zero-order valence-electron chi connectivity index (χ0n) is 12.7. The van der Waals surface area contributed by atoms with E-state index in [4.69, 9.17) is 9.47 Å². The number of allylic oxidation sites excluding steroid dienone is 1. The number of hydrogen-bond acceptors (Lipinski definition) is 8. The van der Waals surface area contributed by atoms with E-state index >= 15 is 0 Å². The summed E-state index contributed by atoms with van der Waals surface area (Å²) in [5.74, 6) is -1.26. The van der Waals surface area contributed by atoms with Gasteiger partial charge in [-0.1, -0.05) is 22.7 Å². The molecule has 1 aromatic heterocycles. The molecule has 0 unspecified atom stereocenters. The topological polar surface area (TPSA) is 90.4 Å². The van der Waals surface area contributed by atoms with Gasteiger partial charge < -0.3 is 14.8 Å². The largest absolute Gasteiger partial charge is 0.462 e. The van der Waals surface area contributed by atoms with Crippen LogP contribution >= 0.6 is 11.5 Å². The SMILES string of the molecule is CCOC(=O)C1=C(Nc2ccccc2)O/C(=C\c2csnn2)C1=O. The Bertz CT molecular complexity index is 813. The van der Waals surface area contributed by atoms with Gasteiger partial charge in [-0.2, -0.15) is 0 Å². The number of nitrogens with zero attached hydrogens (tertiary/aromatic N) is 2. The molecule has 1 aromatic carbocycles. The molecular formula is C16H13N3O4S. The van der Waals surface area contributed by atoms with Gasteiger partial charge in [-0.25, -0.2) is 4.79 Å². The Morgan fingerprint density at radius 2 is 2.17 bits per heavy atom. The highest BCUT2D eigenvalue weighted by atomic mass is 32.1. The number of nitrogens with one attached hydrogen (secondary N) is 1. The summed E-state index contributed by atoms with van der Waals surface area (Å²) >= 11 is 1.15. The third-order valence-electron chi connectivity index (χ3n) is 3.06. The first kappa shape index (κ1) is 15.9. The van der Waals surface area contributed by atoms with Crippen LogP contribution in [0, 0.1) is 0 Å². The molecular weight excluding hydrogens is 330 g/mol. The number of esters is 1. The fourth-order valence-corrected chi connectivity index (χ4v) is 2.44. The first-order valence-electron chi connectivity index (χ1n) is 7.13. The van der Waals surface area contributed by atoms with Crippen LogP contribution in [-0.4, -0.2) is 27.9 Å². The number of Topliss-reactive ketones (excluding diaryl/α,β-unsaturated/α-hetero) is 1. The van der Waals surface area contributed by atoms with Gasteiger partial charge in [0.25, 0.3) is 0 Å². The molecule has 0 bridgehead atoms. The van der Waals surface area contributed by atoms with Crippen LogP contribution < -0.4 is 5.32 Å². The Labute approximate surface area is 141 Å². The van der Waals surface area contributed by atoms with E-state index in [0.29, 0.717) is 11.4 Å². The zero-order valence-corrected chi connectivity index (χ0v) is 13.5. The summed E-state index contributed by atoms with van der Waals surface area (Å²) in [4.78, 5) is 24.6. The molecule has 2 heterocycles. The van der Waals surface area contributed by atoms with Crippen molar-refractivity contribution in [1.82, 2.24) is 9.59 Å². The van der Waals surface area contributed by atoms with E-state index in [-0.39, 0.29) is 23.8 Å². The van der Waals surface area contributed by atoms with E-state index in [9.17, 15) is 9.59 Å². The monoisotopic (exact) mass is 343 g/mol. The average molecular weight is 343 g/mol. The van der Waals surface area contributed by atoms with Crippen LogP contribution in [0.5, 0.6) is 0 Å². The molecule has 0 aliphatic carbocycles. The van der Waals surface area contributed by atoms with E-state index in [1.54, 1.807) is 24.4 Å². The molecule has 1 N–H and O–H groups in total. The number of aromatic nitrogens is 2. The molecule has 2 aromatic rings. The fourth-order valence-electron chi connectivity index (χ4n) is 2.03. The Morgan fingerprint density at radius 1 is 1.38 bits per heavy atom. The summed E-state index contributed by atoms with van der Waals surface area (Å²) in [6.45, 7) is 1.82. The van der Waals surface area contributed by atoms with Gasteiger partial charge in [0, 0.05) is 17.1 Å². The molecule has 1 aliphatic heterocycles. The molecule has 0 atom stereocenters. The predicted octanol–water partition coefficient (Wildman–Crippen LogP) is 2.37. The van der Waals surface area contributed by atoms with Crippen LogP contribution in [0.4, 0.5) is 5.69 Å². The van der Waals surface area contributed by atoms with Gasteiger partial charge in [0.05, 0.1) is 6.61 Å². The molecule has 1 aliphatic rings. The zero-order chi connectivity index (χ0) is 16.9. The second-order valence-corrected chi connectivity index (χ2v) is 5.29. The minimum Gasteiger partial charge on any atom is -0.462 e. The van der Waals surface area contributed by atoms with Crippen molar-refractivity contribution < 1.29 is 19.1 Å². The van der Waals surface area contributed by atoms with Crippen LogP contribution in [0.25, 0.3) is 6.08 Å². The summed E-state index contributed by atoms with van der Waals surface area (Å²) in [5, 5.41) is 8.43. The number of carbonyl (C=O) groups is 2. The predicted molar refractivity (Wildman–Crippen MR) is 87.7 cm³/mol. The van der Waals surface area contributed by atoms with E-state index in [1.807, 2.05) is 18.2 Å². The second kappa shape index (κ2) is 7.05. The minimum absolute atomic E-state index is 0.0100. The number of hydrogen-bond donors (Lipinski definition) is 1. The summed E-state index contributed by atoms with van der Waals surface area (Å²) in [6.07, 6.45) is 1.44. The molecule has 0 saturated carbocycles. The highest BCUT2D eigenvalue weighted by Gasteiger charge is 2.37. The van der Waals surface area contributed by atoms with Crippen LogP contribution in [0.2, 0.25) is 0 Å². The van der Waals surface area contributed by atoms with Gasteiger partial charge in [-0.05, 0) is 30.6 Å². The van der Waals surface area contributed by atoms with Crippen molar-refractivity contribution in [1.29, 1.82) is 0 Å². The molecule has 0 radical (unpaired) electrons. The van der Waals surface area contributed by atoms with Crippen molar-refractivity contribution in [3.05, 3.63) is 58.6 Å². The van der Waals surface area contributed by atoms with Crippen LogP contribution in [0.15, 0.2) is 52.9 Å². The second-order valence-electron chi connectivity index (χ2n) is 4.69. The molecule has 0 fully saturated rings. The Morgan fingerprint density at radius 3 is 2.83 bits per heavy atom. The summed E-state index contributed by atoms with van der Waals surface area (Å²) in [6, 6.07) is 9.07. The Kier molecular flexibility index (Phi) is 4.66. The average Bonchev–Trinajstić information content (AvgIpc) is 3.18. The van der Waals surface area contributed by atoms with Crippen molar-refractivity contribution in [2.75, 3.05) is 11.9 Å². The van der Waals surface area contributed by atoms with Crippen molar-refractivity contribution in [3.8, 4) is 0 Å². The van der Waals surface area contributed by atoms with Gasteiger partial charge in [-0.3, -0.25) is 4.79 Å². The standard InChI is InChI=1S/C16H13N3O4S/c1-2-22-16(21)13-14(20)12(8-11-9-24-19-18-11)23-15(13)17-10-6-4-3-5-7-10/h3-9,17H,2H2,1H3/b12-8-. The third-order valence-corrected chi connectivity index (χ3v) is 3.58. The van der Waals surface area contributed by atoms with Gasteiger partial charge >= 0.3 is 5.97 Å². The molecule has 3 rings (SSSR count). The first-order chi connectivity index (χ1) is 11.7. The van der Waals surface area contributed by atoms with Crippen molar-refractivity contribution in [3.63, 3.8) is 0 Å². The van der Waals surface area contributed by atoms with E-state index in [1.165, 1.54) is 6.08 Å². The lowest BCUT2D eigenvalue weighted by Crippen LogP contribution is -2.16. The summed E-state index contributed by atoms with van der Waals surface area (Å²) < 4.78 is 14.2. The highest BCUT2D eigenvalue weighted by Crippen LogP contribution is 2.28. The molecule has 7 nitrogen and oxygen atoms in total. The Hall–Kier alpha value is -3.00. The van der Waals surface area contributed by atoms with Crippen LogP contribution in [0.1, 0.15) is 12.6 Å². The smallest absolute Gasteiger partial charge is 0.347 e. The maximum Gasteiger partial charge on any atom is 0.347 e. The van der Waals surface area contributed by atoms with Crippen LogP contribution in [-0.2, 0) is 19.1 Å². The van der Waals surface area contributed by atoms with Crippen molar-refractivity contribution >= 4 is 35.0 Å². The molecule has 24 heavy (non-hydrogen) atoms. The van der Waals surface area contributed by atoms with Gasteiger partial charge in [0.15, 0.2) is 11.3 Å². The molecule has 122 valence electrons. The lowest BCUT2D eigenvalue weighted by Gasteiger charge is -2.08. The first-order valence-corrected chi connectivity index (χ1v) is 7.97. The molecule has 0 saturated heterocycles. The van der Waals surface area contributed by atoms with Crippen LogP contribution in [0.3, 0.4) is 0 Å². The van der Waals surface area contributed by atoms with E-state index in [0.717, 1.165) is 11.5 Å². The van der Waals surface area contributed by atoms with E-state index < -0.39 is 11.8 Å². The molecule has 0 spiro atoms. The number of ether oxygens (including phenoxy) is 2. The molecule has 8 heteroatoms. The maximum atomic E-state index is 12.5. The summed E-state index contributed by atoms with van der Waals surface area (Å²) in [7, 11) is 0. The normalized spacial score (nSPS) is 15.5. The number of ketones is 1. The summed E-state index contributed by atoms with van der Waals surface area (Å²) in [5.41, 5.74) is 0.987. The minimum atomic E-state index is -0.735. The highest BCUT2D eigenvalue weighted by molar-refractivity contribution is 7.03. The lowest BCUT2D eigenvalue weighted by molar-refractivity contribution is -0.139. The number of carbonyl (C=O) groups excluding carboxylic acids is 2. The number of anilines is 1. The number of benzene rings is 1. The quantitative estimate of drug-likeness (QED) is 0.506. The van der Waals surface area contributed by atoms with Gasteiger partial charge in [0.2, 0.25) is 11.7 Å². The van der Waals surface area contributed by atoms with Gasteiger partial charge in [0.1, 0.15) is 5.69 Å². The van der Waals surface area contributed by atoms with Gasteiger partial charge in [-0.15, -0.1) is 5.10 Å². The van der Waals surface area contributed by atoms with E-state index in [2.05, 4.69) is 14.9 Å². The maximum absolute atomic E-state index is 12.5. The number of para-hydroxylation sites is 1. The Balaban J connectivity index is 1.93. The number of rotatable bonds is 5. The molecule has 0 amide bonds. The lowest BCUT2D eigenvalue weighted by atomic mass is 10.1. The van der Waals surface area contributed by atoms with Crippen molar-refractivity contribution in [2.24, 2.45) is 0 Å². The fraction of sp³-hybridized carbons (Fsp3) is 0.125. The third kappa shape index (κ3) is 3.33.